The Bertz CT molecular complexity index is 2710. The molecule has 3 aromatic heterocycles. The SMILES string of the molecule is [C-]#[N+]c1ccc2sc3cc4c(cc3c2c1)c1ccccc1n4-c1cccc(-n2c3ccccc3c3cc(C#N)ccc32)c1. The molecule has 0 atom stereocenters. The molecule has 5 heteroatoms. The number of hydrogen-bond acceptors (Lipinski definition) is 2. The lowest BCUT2D eigenvalue weighted by Gasteiger charge is -2.13. The summed E-state index contributed by atoms with van der Waals surface area (Å²) in [6, 6.07) is 44.5. The summed E-state index contributed by atoms with van der Waals surface area (Å²) in [7, 11) is 0. The van der Waals surface area contributed by atoms with Gasteiger partial charge in [-0.05, 0) is 77.5 Å². The smallest absolute Gasteiger partial charge is 0.187 e. The molecule has 3 heterocycles. The van der Waals surface area contributed by atoms with Crippen molar-refractivity contribution in [3.63, 3.8) is 0 Å². The van der Waals surface area contributed by atoms with Crippen LogP contribution < -0.4 is 0 Å². The zero-order chi connectivity index (χ0) is 28.7. The summed E-state index contributed by atoms with van der Waals surface area (Å²) >= 11 is 1.77. The van der Waals surface area contributed by atoms with Crippen LogP contribution in [0, 0.1) is 17.9 Å². The molecular weight excluding hydrogens is 545 g/mol. The second-order valence-corrected chi connectivity index (χ2v) is 11.9. The first-order chi connectivity index (χ1) is 21.2. The van der Waals surface area contributed by atoms with E-state index in [1.54, 1.807) is 11.3 Å². The van der Waals surface area contributed by atoms with Gasteiger partial charge in [0.2, 0.25) is 0 Å². The first-order valence-corrected chi connectivity index (χ1v) is 14.8. The van der Waals surface area contributed by atoms with E-state index in [0.717, 1.165) is 49.6 Å². The lowest BCUT2D eigenvalue weighted by molar-refractivity contribution is 1.13. The molecule has 0 unspecified atom stereocenters. The van der Waals surface area contributed by atoms with Crippen molar-refractivity contribution in [1.29, 1.82) is 5.26 Å². The Morgan fingerprint density at radius 2 is 1.19 bits per heavy atom. The van der Waals surface area contributed by atoms with Gasteiger partial charge in [-0.3, -0.25) is 0 Å². The number of aromatic nitrogens is 2. The van der Waals surface area contributed by atoms with Crippen molar-refractivity contribution in [2.45, 2.75) is 0 Å². The van der Waals surface area contributed by atoms with Crippen LogP contribution >= 0.6 is 11.3 Å². The Balaban J connectivity index is 1.33. The van der Waals surface area contributed by atoms with Crippen LogP contribution in [-0.2, 0) is 0 Å². The van der Waals surface area contributed by atoms with Crippen LogP contribution in [0.25, 0.3) is 80.0 Å². The molecule has 4 nitrogen and oxygen atoms in total. The van der Waals surface area contributed by atoms with Crippen molar-refractivity contribution < 1.29 is 0 Å². The molecule has 0 saturated carbocycles. The standard InChI is InChI=1S/C38H20N4S/c1-40-24-14-16-37-31(18-24)32-20-30-28-10-3-5-12-34(28)42(36(30)21-38(32)43-37)26-8-6-7-25(19-26)41-33-11-4-2-9-27(33)29-17-23(22-39)13-15-35(29)41/h2-21H. The first-order valence-electron chi connectivity index (χ1n) is 14.0. The Morgan fingerprint density at radius 1 is 0.535 bits per heavy atom. The van der Waals surface area contributed by atoms with E-state index < -0.39 is 0 Å². The first kappa shape index (κ1) is 23.8. The van der Waals surface area contributed by atoms with Gasteiger partial charge in [-0.2, -0.15) is 5.26 Å². The molecule has 0 N–H and O–H groups in total. The van der Waals surface area contributed by atoms with Gasteiger partial charge in [0.25, 0.3) is 0 Å². The summed E-state index contributed by atoms with van der Waals surface area (Å²) in [5.41, 5.74) is 7.96. The van der Waals surface area contributed by atoms with E-state index in [0.29, 0.717) is 11.3 Å². The highest BCUT2D eigenvalue weighted by molar-refractivity contribution is 7.25. The summed E-state index contributed by atoms with van der Waals surface area (Å²) in [5.74, 6) is 0. The Labute approximate surface area is 250 Å². The topological polar surface area (TPSA) is 38.0 Å². The molecule has 0 spiro atoms. The molecule has 43 heavy (non-hydrogen) atoms. The van der Waals surface area contributed by atoms with E-state index in [-0.39, 0.29) is 0 Å². The molecule has 0 amide bonds. The van der Waals surface area contributed by atoms with Crippen LogP contribution in [0.3, 0.4) is 0 Å². The second kappa shape index (κ2) is 8.81. The largest absolute Gasteiger partial charge is 0.309 e. The number of benzene rings is 6. The van der Waals surface area contributed by atoms with Gasteiger partial charge in [-0.1, -0.05) is 54.6 Å². The van der Waals surface area contributed by atoms with E-state index in [1.165, 1.54) is 25.6 Å². The molecule has 9 rings (SSSR count). The molecule has 0 radical (unpaired) electrons. The fourth-order valence-electron chi connectivity index (χ4n) is 6.67. The number of para-hydroxylation sites is 2. The Hall–Kier alpha value is -5.88. The minimum Gasteiger partial charge on any atom is -0.309 e. The van der Waals surface area contributed by atoms with Gasteiger partial charge in [-0.25, -0.2) is 4.85 Å². The summed E-state index contributed by atoms with van der Waals surface area (Å²) < 4.78 is 7.06. The number of nitrogens with zero attached hydrogens (tertiary/aromatic N) is 4. The quantitative estimate of drug-likeness (QED) is 0.192. The average molecular weight is 565 g/mol. The van der Waals surface area contributed by atoms with Crippen molar-refractivity contribution in [2.24, 2.45) is 0 Å². The highest BCUT2D eigenvalue weighted by Gasteiger charge is 2.17. The van der Waals surface area contributed by atoms with Crippen LogP contribution in [0.4, 0.5) is 5.69 Å². The van der Waals surface area contributed by atoms with Gasteiger partial charge in [0.15, 0.2) is 5.69 Å². The minimum absolute atomic E-state index is 0.660. The average Bonchev–Trinajstić information content (AvgIpc) is 3.70. The van der Waals surface area contributed by atoms with Gasteiger partial charge in [0, 0.05) is 42.3 Å². The number of thiophene rings is 1. The Morgan fingerprint density at radius 3 is 1.91 bits per heavy atom. The molecule has 0 aliphatic carbocycles. The molecule has 0 fully saturated rings. The van der Waals surface area contributed by atoms with Gasteiger partial charge >= 0.3 is 0 Å². The fourth-order valence-corrected chi connectivity index (χ4v) is 7.77. The van der Waals surface area contributed by atoms with E-state index >= 15 is 0 Å². The molecule has 0 bridgehead atoms. The third-order valence-electron chi connectivity index (χ3n) is 8.52. The third kappa shape index (κ3) is 3.35. The van der Waals surface area contributed by atoms with E-state index in [1.807, 2.05) is 24.3 Å². The monoisotopic (exact) mass is 564 g/mol. The zero-order valence-corrected chi connectivity index (χ0v) is 23.6. The van der Waals surface area contributed by atoms with Crippen molar-refractivity contribution in [3.8, 4) is 17.4 Å². The molecule has 6 aromatic carbocycles. The lowest BCUT2D eigenvalue weighted by atomic mass is 10.1. The molecule has 0 saturated heterocycles. The van der Waals surface area contributed by atoms with Crippen molar-refractivity contribution >= 4 is 80.8 Å². The van der Waals surface area contributed by atoms with Crippen molar-refractivity contribution in [2.75, 3.05) is 0 Å². The van der Waals surface area contributed by atoms with Gasteiger partial charge in [0.1, 0.15) is 0 Å². The minimum atomic E-state index is 0.660. The summed E-state index contributed by atoms with van der Waals surface area (Å²) in [4.78, 5) is 3.67. The maximum Gasteiger partial charge on any atom is 0.187 e. The molecule has 0 aliphatic heterocycles. The number of hydrogen-bond donors (Lipinski definition) is 0. The lowest BCUT2D eigenvalue weighted by Crippen LogP contribution is -1.98. The van der Waals surface area contributed by atoms with Gasteiger partial charge < -0.3 is 9.13 Å². The summed E-state index contributed by atoms with van der Waals surface area (Å²) in [5, 5.41) is 16.5. The van der Waals surface area contributed by atoms with Crippen LogP contribution in [0.5, 0.6) is 0 Å². The van der Waals surface area contributed by atoms with Crippen molar-refractivity contribution in [1.82, 2.24) is 9.13 Å². The van der Waals surface area contributed by atoms with E-state index in [2.05, 4.69) is 117 Å². The molecule has 198 valence electrons. The number of nitriles is 1. The van der Waals surface area contributed by atoms with E-state index in [4.69, 9.17) is 6.57 Å². The summed E-state index contributed by atoms with van der Waals surface area (Å²) in [6.45, 7) is 7.50. The predicted molar refractivity (Wildman–Crippen MR) is 179 cm³/mol. The maximum absolute atomic E-state index is 9.57. The summed E-state index contributed by atoms with van der Waals surface area (Å²) in [6.07, 6.45) is 0. The Kier molecular flexibility index (Phi) is 4.87. The van der Waals surface area contributed by atoms with Gasteiger partial charge in [-0.15, -0.1) is 11.3 Å². The third-order valence-corrected chi connectivity index (χ3v) is 9.66. The second-order valence-electron chi connectivity index (χ2n) is 10.8. The fraction of sp³-hybridized carbons (Fsp3) is 0. The molecular formula is C38H20N4S. The number of rotatable bonds is 2. The van der Waals surface area contributed by atoms with Crippen molar-refractivity contribution in [3.05, 3.63) is 138 Å². The maximum atomic E-state index is 9.57. The van der Waals surface area contributed by atoms with Crippen LogP contribution in [0.1, 0.15) is 5.56 Å². The molecule has 9 aromatic rings. The predicted octanol–water partition coefficient (Wildman–Crippen LogP) is 10.7. The van der Waals surface area contributed by atoms with Crippen LogP contribution in [0.15, 0.2) is 121 Å². The number of fused-ring (bicyclic) bond motifs is 9. The van der Waals surface area contributed by atoms with E-state index in [9.17, 15) is 5.26 Å². The zero-order valence-electron chi connectivity index (χ0n) is 22.7. The van der Waals surface area contributed by atoms with Crippen LogP contribution in [-0.4, -0.2) is 9.13 Å². The van der Waals surface area contributed by atoms with Crippen LogP contribution in [0.2, 0.25) is 0 Å². The highest BCUT2D eigenvalue weighted by atomic mass is 32.1. The normalized spacial score (nSPS) is 11.7. The molecule has 0 aliphatic rings. The van der Waals surface area contributed by atoms with Gasteiger partial charge in [0.05, 0.1) is 40.3 Å². The highest BCUT2D eigenvalue weighted by Crippen LogP contribution is 2.42.